The van der Waals surface area contributed by atoms with Gasteiger partial charge < -0.3 is 4.98 Å². The molecule has 0 spiro atoms. The third-order valence-corrected chi connectivity index (χ3v) is 0.976. The van der Waals surface area contributed by atoms with E-state index in [4.69, 9.17) is 11.6 Å². The van der Waals surface area contributed by atoms with E-state index in [2.05, 4.69) is 4.98 Å². The number of rotatable bonds is 1. The zero-order valence-corrected chi connectivity index (χ0v) is 4.70. The molecule has 0 aromatic carbocycles. The topological polar surface area (TPSA) is 32.9 Å². The molecular formula is C5H3ClNO. The Morgan fingerprint density at radius 1 is 1.75 bits per heavy atom. The smallest absolute Gasteiger partial charge is 0.251 e. The zero-order chi connectivity index (χ0) is 5.98. The Balaban J connectivity index is 3.00. The summed E-state index contributed by atoms with van der Waals surface area (Å²) < 4.78 is 0. The van der Waals surface area contributed by atoms with Crippen LogP contribution in [-0.2, 0) is 4.79 Å². The zero-order valence-electron chi connectivity index (χ0n) is 3.94. The summed E-state index contributed by atoms with van der Waals surface area (Å²) in [6.07, 6.45) is 3.19. The number of hydrogen-bond donors (Lipinski definition) is 1. The van der Waals surface area contributed by atoms with Crippen molar-refractivity contribution in [1.82, 2.24) is 4.98 Å². The van der Waals surface area contributed by atoms with Gasteiger partial charge in [0.25, 0.3) is 6.29 Å². The van der Waals surface area contributed by atoms with Crippen LogP contribution in [0.4, 0.5) is 0 Å². The molecule has 0 saturated heterocycles. The van der Waals surface area contributed by atoms with Crippen LogP contribution in [0.1, 0.15) is 5.69 Å². The second kappa shape index (κ2) is 2.01. The van der Waals surface area contributed by atoms with Crippen molar-refractivity contribution in [3.63, 3.8) is 0 Å². The van der Waals surface area contributed by atoms with Crippen LogP contribution in [0.5, 0.6) is 0 Å². The Hall–Kier alpha value is -0.760. The lowest BCUT2D eigenvalue weighted by molar-refractivity contribution is 0.561. The van der Waals surface area contributed by atoms with Crippen molar-refractivity contribution in [3.8, 4) is 0 Å². The second-order valence-electron chi connectivity index (χ2n) is 1.33. The number of nitrogens with one attached hydrogen (secondary N) is 1. The SMILES string of the molecule is O=[C]c1cc(Cl)c[nH]1. The van der Waals surface area contributed by atoms with Gasteiger partial charge in [0.2, 0.25) is 0 Å². The van der Waals surface area contributed by atoms with E-state index < -0.39 is 0 Å². The average Bonchev–Trinajstić information content (AvgIpc) is 2.14. The minimum atomic E-state index is 0.384. The summed E-state index contributed by atoms with van der Waals surface area (Å²) in [6, 6.07) is 1.51. The summed E-state index contributed by atoms with van der Waals surface area (Å²) in [4.78, 5) is 12.4. The van der Waals surface area contributed by atoms with E-state index in [9.17, 15) is 4.79 Å². The molecule has 41 valence electrons. The van der Waals surface area contributed by atoms with Gasteiger partial charge in [-0.3, -0.25) is 4.79 Å². The minimum absolute atomic E-state index is 0.384. The molecule has 0 aliphatic heterocycles. The summed E-state index contributed by atoms with van der Waals surface area (Å²) >= 11 is 5.43. The number of halogens is 1. The molecule has 1 aromatic rings. The molecule has 0 aliphatic rings. The van der Waals surface area contributed by atoms with Gasteiger partial charge >= 0.3 is 0 Å². The highest BCUT2D eigenvalue weighted by Crippen LogP contribution is 2.06. The Bertz CT molecular complexity index is 194. The van der Waals surface area contributed by atoms with Gasteiger partial charge in [-0.15, -0.1) is 0 Å². The van der Waals surface area contributed by atoms with Crippen molar-refractivity contribution < 1.29 is 4.79 Å². The van der Waals surface area contributed by atoms with Gasteiger partial charge in [0.15, 0.2) is 0 Å². The van der Waals surface area contributed by atoms with E-state index >= 15 is 0 Å². The van der Waals surface area contributed by atoms with E-state index in [1.165, 1.54) is 12.3 Å². The number of hydrogen-bond acceptors (Lipinski definition) is 1. The van der Waals surface area contributed by atoms with Gasteiger partial charge in [-0.05, 0) is 6.07 Å². The summed E-state index contributed by atoms with van der Waals surface area (Å²) in [7, 11) is 0. The fourth-order valence-electron chi connectivity index (χ4n) is 0.427. The highest BCUT2D eigenvalue weighted by molar-refractivity contribution is 6.30. The molecule has 0 amide bonds. The summed E-state index contributed by atoms with van der Waals surface area (Å²) in [5, 5.41) is 0.531. The third kappa shape index (κ3) is 0.898. The largest absolute Gasteiger partial charge is 0.357 e. The van der Waals surface area contributed by atoms with Gasteiger partial charge in [0.05, 0.1) is 10.7 Å². The number of H-pyrrole nitrogens is 1. The van der Waals surface area contributed by atoms with Crippen molar-refractivity contribution in [2.24, 2.45) is 0 Å². The van der Waals surface area contributed by atoms with Crippen molar-refractivity contribution in [1.29, 1.82) is 0 Å². The lowest BCUT2D eigenvalue weighted by Crippen LogP contribution is -1.73. The number of carbonyl (C=O) groups excluding carboxylic acids is 1. The van der Waals surface area contributed by atoms with E-state index in [1.54, 1.807) is 6.29 Å². The van der Waals surface area contributed by atoms with Gasteiger partial charge in [0.1, 0.15) is 0 Å². The van der Waals surface area contributed by atoms with E-state index in [1.807, 2.05) is 0 Å². The maximum Gasteiger partial charge on any atom is 0.251 e. The fourth-order valence-corrected chi connectivity index (χ4v) is 0.591. The van der Waals surface area contributed by atoms with Crippen molar-refractivity contribution in [2.75, 3.05) is 0 Å². The fraction of sp³-hybridized carbons (Fsp3) is 0. The Morgan fingerprint density at radius 3 is 2.75 bits per heavy atom. The Morgan fingerprint density at radius 2 is 2.50 bits per heavy atom. The first-order valence-corrected chi connectivity index (χ1v) is 2.43. The summed E-state index contributed by atoms with van der Waals surface area (Å²) in [5.74, 6) is 0. The van der Waals surface area contributed by atoms with Gasteiger partial charge in [-0.1, -0.05) is 11.6 Å². The molecule has 1 N–H and O–H groups in total. The van der Waals surface area contributed by atoms with E-state index in [0.717, 1.165) is 0 Å². The van der Waals surface area contributed by atoms with E-state index in [0.29, 0.717) is 10.7 Å². The second-order valence-corrected chi connectivity index (χ2v) is 1.77. The molecule has 2 nitrogen and oxygen atoms in total. The highest BCUT2D eigenvalue weighted by Gasteiger charge is 1.91. The molecule has 1 heterocycles. The van der Waals surface area contributed by atoms with Crippen LogP contribution >= 0.6 is 11.6 Å². The first kappa shape index (κ1) is 5.38. The van der Waals surface area contributed by atoms with Crippen LogP contribution in [0.3, 0.4) is 0 Å². The molecule has 0 bridgehead atoms. The predicted molar refractivity (Wildman–Crippen MR) is 30.6 cm³/mol. The molecule has 3 heteroatoms. The van der Waals surface area contributed by atoms with Crippen molar-refractivity contribution >= 4 is 17.9 Å². The molecule has 0 aliphatic carbocycles. The summed E-state index contributed by atoms with van der Waals surface area (Å²) in [6.45, 7) is 0. The molecule has 1 aromatic heterocycles. The van der Waals surface area contributed by atoms with Gasteiger partial charge in [-0.25, -0.2) is 0 Å². The molecule has 0 fully saturated rings. The van der Waals surface area contributed by atoms with Crippen LogP contribution < -0.4 is 0 Å². The maximum atomic E-state index is 9.80. The van der Waals surface area contributed by atoms with Crippen LogP contribution in [0.2, 0.25) is 5.02 Å². The first-order chi connectivity index (χ1) is 3.83. The maximum absolute atomic E-state index is 9.80. The number of aromatic nitrogens is 1. The molecule has 8 heavy (non-hydrogen) atoms. The third-order valence-electron chi connectivity index (χ3n) is 0.758. The predicted octanol–water partition coefficient (Wildman–Crippen LogP) is 1.13. The Kier molecular flexibility index (Phi) is 1.35. The van der Waals surface area contributed by atoms with E-state index in [-0.39, 0.29) is 0 Å². The van der Waals surface area contributed by atoms with Gasteiger partial charge in [0, 0.05) is 6.20 Å². The molecular weight excluding hydrogens is 126 g/mol. The van der Waals surface area contributed by atoms with Crippen LogP contribution in [0, 0.1) is 0 Å². The number of aromatic amines is 1. The normalized spacial score (nSPS) is 9.12. The standard InChI is InChI=1S/C5H3ClNO/c6-4-1-5(3-8)7-2-4/h1-2,7H. The van der Waals surface area contributed by atoms with Crippen LogP contribution in [-0.4, -0.2) is 11.3 Å². The average molecular weight is 129 g/mol. The molecule has 0 unspecified atom stereocenters. The molecule has 1 rings (SSSR count). The van der Waals surface area contributed by atoms with Crippen molar-refractivity contribution in [3.05, 3.63) is 23.0 Å². The lowest BCUT2D eigenvalue weighted by Gasteiger charge is -1.68. The monoisotopic (exact) mass is 128 g/mol. The van der Waals surface area contributed by atoms with Crippen LogP contribution in [0.25, 0.3) is 0 Å². The van der Waals surface area contributed by atoms with Crippen LogP contribution in [0.15, 0.2) is 12.3 Å². The quantitative estimate of drug-likeness (QED) is 0.604. The summed E-state index contributed by atoms with van der Waals surface area (Å²) in [5.41, 5.74) is 0.384. The highest BCUT2D eigenvalue weighted by atomic mass is 35.5. The van der Waals surface area contributed by atoms with Crippen molar-refractivity contribution in [2.45, 2.75) is 0 Å². The lowest BCUT2D eigenvalue weighted by atomic mass is 10.5. The molecule has 0 saturated carbocycles. The molecule has 1 radical (unpaired) electrons. The van der Waals surface area contributed by atoms with Gasteiger partial charge in [-0.2, -0.15) is 0 Å². The minimum Gasteiger partial charge on any atom is -0.357 e. The first-order valence-electron chi connectivity index (χ1n) is 2.05. The Labute approximate surface area is 51.5 Å². The molecule has 0 atom stereocenters.